The van der Waals surface area contributed by atoms with Crippen LogP contribution < -0.4 is 10.6 Å². The number of rotatable bonds is 10. The van der Waals surface area contributed by atoms with E-state index in [0.29, 0.717) is 12.8 Å². The molecular weight excluding hydrogens is 332 g/mol. The summed E-state index contributed by atoms with van der Waals surface area (Å²) in [4.78, 5) is 35.7. The van der Waals surface area contributed by atoms with Crippen LogP contribution in [0.2, 0.25) is 0 Å². The van der Waals surface area contributed by atoms with E-state index in [9.17, 15) is 14.4 Å². The topological polar surface area (TPSA) is 84.5 Å². The van der Waals surface area contributed by atoms with Gasteiger partial charge in [-0.25, -0.2) is 4.79 Å². The van der Waals surface area contributed by atoms with Crippen LogP contribution in [0.5, 0.6) is 0 Å². The summed E-state index contributed by atoms with van der Waals surface area (Å²) in [6, 6.07) is 8.01. The summed E-state index contributed by atoms with van der Waals surface area (Å²) in [5, 5.41) is 5.32. The minimum atomic E-state index is -0.743. The van der Waals surface area contributed by atoms with Crippen LogP contribution in [0.25, 0.3) is 0 Å². The first-order valence-corrected chi connectivity index (χ1v) is 9.04. The van der Waals surface area contributed by atoms with Crippen molar-refractivity contribution in [2.24, 2.45) is 11.8 Å². The Hall–Kier alpha value is -2.37. The third kappa shape index (κ3) is 8.65. The second-order valence-electron chi connectivity index (χ2n) is 7.27. The van der Waals surface area contributed by atoms with E-state index in [1.165, 1.54) is 0 Å². The van der Waals surface area contributed by atoms with Crippen LogP contribution in [0.4, 0.5) is 4.79 Å². The minimum absolute atomic E-state index is 0.132. The smallest absolute Gasteiger partial charge is 0.408 e. The van der Waals surface area contributed by atoms with Gasteiger partial charge in [-0.2, -0.15) is 0 Å². The molecule has 144 valence electrons. The molecule has 2 atom stereocenters. The Labute approximate surface area is 155 Å². The van der Waals surface area contributed by atoms with Crippen molar-refractivity contribution in [3.8, 4) is 0 Å². The zero-order valence-corrected chi connectivity index (χ0v) is 16.0. The van der Waals surface area contributed by atoms with E-state index >= 15 is 0 Å². The summed E-state index contributed by atoms with van der Waals surface area (Å²) in [6.07, 6.45) is 1.10. The number of aldehydes is 1. The fourth-order valence-corrected chi connectivity index (χ4v) is 2.55. The fourth-order valence-electron chi connectivity index (χ4n) is 2.55. The highest BCUT2D eigenvalue weighted by Gasteiger charge is 2.25. The van der Waals surface area contributed by atoms with Gasteiger partial charge in [-0.1, -0.05) is 58.0 Å². The number of carbonyl (C=O) groups is 3. The number of benzene rings is 1. The third-order valence-corrected chi connectivity index (χ3v) is 3.75. The molecule has 0 spiro atoms. The molecule has 0 fully saturated rings. The summed E-state index contributed by atoms with van der Waals surface area (Å²) >= 11 is 0. The summed E-state index contributed by atoms with van der Waals surface area (Å²) < 4.78 is 5.19. The molecule has 6 nitrogen and oxygen atoms in total. The van der Waals surface area contributed by atoms with Gasteiger partial charge < -0.3 is 20.2 Å². The lowest BCUT2D eigenvalue weighted by atomic mass is 10.0. The number of hydrogen-bond donors (Lipinski definition) is 2. The summed E-state index contributed by atoms with van der Waals surface area (Å²) in [5.41, 5.74) is 0.866. The fraction of sp³-hybridized carbons (Fsp3) is 0.550. The predicted octanol–water partition coefficient (Wildman–Crippen LogP) is 3.06. The Morgan fingerprint density at radius 3 is 2.15 bits per heavy atom. The largest absolute Gasteiger partial charge is 0.445 e. The van der Waals surface area contributed by atoms with E-state index in [2.05, 4.69) is 10.6 Å². The molecule has 26 heavy (non-hydrogen) atoms. The first-order valence-electron chi connectivity index (χ1n) is 9.04. The quantitative estimate of drug-likeness (QED) is 0.627. The molecular formula is C20H30N2O4. The van der Waals surface area contributed by atoms with Crippen molar-refractivity contribution >= 4 is 18.3 Å². The molecule has 1 rings (SSSR count). The van der Waals surface area contributed by atoms with Crippen LogP contribution in [-0.2, 0) is 20.9 Å². The Bertz CT molecular complexity index is 572. The second-order valence-corrected chi connectivity index (χ2v) is 7.27. The number of ether oxygens (including phenoxy) is 1. The average molecular weight is 362 g/mol. The summed E-state index contributed by atoms with van der Waals surface area (Å²) in [7, 11) is 0. The molecule has 0 aliphatic carbocycles. The predicted molar refractivity (Wildman–Crippen MR) is 100 cm³/mol. The SMILES string of the molecule is CC(C)C[C@@H](C=O)NC(=O)[C@H](CC(C)C)NC(=O)OCc1ccccc1. The van der Waals surface area contributed by atoms with Gasteiger partial charge in [0.15, 0.2) is 0 Å². The van der Waals surface area contributed by atoms with Gasteiger partial charge in [0.25, 0.3) is 0 Å². The van der Waals surface area contributed by atoms with Crippen molar-refractivity contribution in [2.45, 2.75) is 59.2 Å². The number of alkyl carbamates (subject to hydrolysis) is 1. The van der Waals surface area contributed by atoms with Crippen molar-refractivity contribution in [1.82, 2.24) is 10.6 Å². The first-order chi connectivity index (χ1) is 12.3. The highest BCUT2D eigenvalue weighted by molar-refractivity contribution is 5.87. The van der Waals surface area contributed by atoms with Gasteiger partial charge in [0.1, 0.15) is 18.9 Å². The minimum Gasteiger partial charge on any atom is -0.445 e. The van der Waals surface area contributed by atoms with Gasteiger partial charge in [-0.05, 0) is 30.2 Å². The number of hydrogen-bond acceptors (Lipinski definition) is 4. The maximum atomic E-state index is 12.5. The summed E-state index contributed by atoms with van der Waals surface area (Å²) in [5.74, 6) is 0.103. The highest BCUT2D eigenvalue weighted by Crippen LogP contribution is 2.08. The molecule has 0 aromatic heterocycles. The molecule has 0 radical (unpaired) electrons. The Morgan fingerprint density at radius 1 is 1.00 bits per heavy atom. The van der Waals surface area contributed by atoms with E-state index in [0.717, 1.165) is 11.8 Å². The van der Waals surface area contributed by atoms with Gasteiger partial charge in [-0.3, -0.25) is 4.79 Å². The van der Waals surface area contributed by atoms with E-state index in [1.807, 2.05) is 58.0 Å². The van der Waals surface area contributed by atoms with Gasteiger partial charge in [-0.15, -0.1) is 0 Å². The van der Waals surface area contributed by atoms with E-state index < -0.39 is 18.2 Å². The zero-order valence-electron chi connectivity index (χ0n) is 16.0. The third-order valence-electron chi connectivity index (χ3n) is 3.75. The molecule has 2 N–H and O–H groups in total. The lowest BCUT2D eigenvalue weighted by molar-refractivity contribution is -0.126. The lowest BCUT2D eigenvalue weighted by Gasteiger charge is -2.22. The molecule has 1 aromatic carbocycles. The zero-order chi connectivity index (χ0) is 19.5. The number of carbonyl (C=O) groups excluding carboxylic acids is 3. The van der Waals surface area contributed by atoms with Gasteiger partial charge in [0.2, 0.25) is 5.91 Å². The van der Waals surface area contributed by atoms with Crippen molar-refractivity contribution in [1.29, 1.82) is 0 Å². The van der Waals surface area contributed by atoms with Crippen molar-refractivity contribution in [3.63, 3.8) is 0 Å². The van der Waals surface area contributed by atoms with Crippen LogP contribution in [0.1, 0.15) is 46.1 Å². The molecule has 0 bridgehead atoms. The van der Waals surface area contributed by atoms with E-state index in [1.54, 1.807) is 0 Å². The van der Waals surface area contributed by atoms with Crippen LogP contribution in [0, 0.1) is 11.8 Å². The van der Waals surface area contributed by atoms with Crippen molar-refractivity contribution < 1.29 is 19.1 Å². The van der Waals surface area contributed by atoms with E-state index in [-0.39, 0.29) is 24.3 Å². The normalized spacial score (nSPS) is 13.2. The molecule has 6 heteroatoms. The Balaban J connectivity index is 2.62. The van der Waals surface area contributed by atoms with Crippen molar-refractivity contribution in [3.05, 3.63) is 35.9 Å². The molecule has 0 aliphatic heterocycles. The lowest BCUT2D eigenvalue weighted by Crippen LogP contribution is -2.50. The second kappa shape index (κ2) is 11.3. The van der Waals surface area contributed by atoms with Crippen LogP contribution in [-0.4, -0.2) is 30.4 Å². The maximum Gasteiger partial charge on any atom is 0.408 e. The molecule has 1 aromatic rings. The maximum absolute atomic E-state index is 12.5. The molecule has 0 saturated carbocycles. The van der Waals surface area contributed by atoms with Gasteiger partial charge in [0.05, 0.1) is 6.04 Å². The van der Waals surface area contributed by atoms with Gasteiger partial charge >= 0.3 is 6.09 Å². The Kier molecular flexibility index (Phi) is 9.41. The summed E-state index contributed by atoms with van der Waals surface area (Å²) in [6.45, 7) is 8.01. The number of amides is 2. The molecule has 2 amide bonds. The first kappa shape index (κ1) is 21.7. The van der Waals surface area contributed by atoms with Crippen molar-refractivity contribution in [2.75, 3.05) is 0 Å². The monoisotopic (exact) mass is 362 g/mol. The van der Waals surface area contributed by atoms with Gasteiger partial charge in [0, 0.05) is 0 Å². The molecule has 0 aliphatic rings. The standard InChI is InChI=1S/C20H30N2O4/c1-14(2)10-17(12-23)21-19(24)18(11-15(3)4)22-20(25)26-13-16-8-6-5-7-9-16/h5-9,12,14-15,17-18H,10-11,13H2,1-4H3,(H,21,24)(H,22,25)/t17-,18-/m0/s1. The van der Waals surface area contributed by atoms with Crippen LogP contribution >= 0.6 is 0 Å². The molecule has 0 saturated heterocycles. The molecule has 0 heterocycles. The van der Waals surface area contributed by atoms with Crippen LogP contribution in [0.3, 0.4) is 0 Å². The highest BCUT2D eigenvalue weighted by atomic mass is 16.5. The average Bonchev–Trinajstić information content (AvgIpc) is 2.58. The molecule has 0 unspecified atom stereocenters. The number of nitrogens with one attached hydrogen (secondary N) is 2. The van der Waals surface area contributed by atoms with E-state index in [4.69, 9.17) is 4.74 Å². The van der Waals surface area contributed by atoms with Crippen LogP contribution in [0.15, 0.2) is 30.3 Å². The Morgan fingerprint density at radius 2 is 1.62 bits per heavy atom.